The van der Waals surface area contributed by atoms with Gasteiger partial charge in [-0.15, -0.1) is 0 Å². The van der Waals surface area contributed by atoms with E-state index in [1.807, 2.05) is 20.8 Å². The molecule has 0 aromatic carbocycles. The van der Waals surface area contributed by atoms with Gasteiger partial charge in [0.25, 0.3) is 0 Å². The first kappa shape index (κ1) is 17.2. The molecule has 0 spiro atoms. The summed E-state index contributed by atoms with van der Waals surface area (Å²) in [6.45, 7) is 5.70. The summed E-state index contributed by atoms with van der Waals surface area (Å²) >= 11 is 0. The van der Waals surface area contributed by atoms with E-state index in [1.54, 1.807) is 0 Å². The molecule has 7 nitrogen and oxygen atoms in total. The van der Waals surface area contributed by atoms with Gasteiger partial charge in [0, 0.05) is 12.0 Å². The van der Waals surface area contributed by atoms with Crippen molar-refractivity contribution in [1.82, 2.24) is 10.6 Å². The number of carboxylic acids is 2. The number of carboxylic acid groups (broad SMARTS) is 2. The van der Waals surface area contributed by atoms with Gasteiger partial charge >= 0.3 is 18.0 Å². The fourth-order valence-corrected chi connectivity index (χ4v) is 1.42. The van der Waals surface area contributed by atoms with Gasteiger partial charge in [0.15, 0.2) is 0 Å². The zero-order chi connectivity index (χ0) is 15.1. The smallest absolute Gasteiger partial charge is 0.326 e. The molecule has 0 radical (unpaired) electrons. The summed E-state index contributed by atoms with van der Waals surface area (Å²) in [6, 6.07) is -1.79. The zero-order valence-corrected chi connectivity index (χ0v) is 11.5. The molecule has 7 heteroatoms. The number of carbonyl (C=O) groups excluding carboxylic acids is 1. The first-order valence-corrected chi connectivity index (χ1v) is 6.27. The second kappa shape index (κ2) is 7.60. The van der Waals surface area contributed by atoms with Crippen molar-refractivity contribution >= 4 is 18.0 Å². The third-order valence-electron chi connectivity index (χ3n) is 3.23. The van der Waals surface area contributed by atoms with Crippen molar-refractivity contribution in [3.05, 3.63) is 0 Å². The third-order valence-corrected chi connectivity index (χ3v) is 3.23. The van der Waals surface area contributed by atoms with Gasteiger partial charge < -0.3 is 20.8 Å². The van der Waals surface area contributed by atoms with Crippen LogP contribution in [0.4, 0.5) is 4.79 Å². The number of hydrogen-bond donors (Lipinski definition) is 4. The minimum Gasteiger partial charge on any atom is -0.481 e. The van der Waals surface area contributed by atoms with Crippen molar-refractivity contribution in [2.75, 3.05) is 0 Å². The SMILES string of the molecule is CCC(C)(CC)NC(=O)NC(CCC(=O)O)C(=O)O. The molecule has 0 fully saturated rings. The molecule has 0 aliphatic rings. The molecule has 0 aliphatic heterocycles. The Bertz CT molecular complexity index is 339. The highest BCUT2D eigenvalue weighted by molar-refractivity contribution is 5.83. The Morgan fingerprint density at radius 1 is 1.16 bits per heavy atom. The maximum absolute atomic E-state index is 11.7. The number of urea groups is 1. The summed E-state index contributed by atoms with van der Waals surface area (Å²) in [5, 5.41) is 22.4. The zero-order valence-electron chi connectivity index (χ0n) is 11.5. The van der Waals surface area contributed by atoms with E-state index in [1.165, 1.54) is 0 Å². The summed E-state index contributed by atoms with van der Waals surface area (Å²) in [5.41, 5.74) is -0.403. The van der Waals surface area contributed by atoms with Crippen LogP contribution in [0.1, 0.15) is 46.5 Å². The van der Waals surface area contributed by atoms with Crippen LogP contribution in [-0.4, -0.2) is 39.8 Å². The summed E-state index contributed by atoms with van der Waals surface area (Å²) in [4.78, 5) is 33.0. The Balaban J connectivity index is 4.47. The molecule has 0 aliphatic carbocycles. The van der Waals surface area contributed by atoms with Crippen molar-refractivity contribution in [3.8, 4) is 0 Å². The molecule has 0 rings (SSSR count). The Kier molecular flexibility index (Phi) is 6.89. The Morgan fingerprint density at radius 2 is 1.68 bits per heavy atom. The van der Waals surface area contributed by atoms with E-state index >= 15 is 0 Å². The maximum Gasteiger partial charge on any atom is 0.326 e. The molecule has 19 heavy (non-hydrogen) atoms. The minimum atomic E-state index is -1.24. The van der Waals surface area contributed by atoms with Crippen molar-refractivity contribution < 1.29 is 24.6 Å². The predicted molar refractivity (Wildman–Crippen MR) is 68.9 cm³/mol. The van der Waals surface area contributed by atoms with Crippen molar-refractivity contribution in [1.29, 1.82) is 0 Å². The lowest BCUT2D eigenvalue weighted by molar-refractivity contribution is -0.140. The van der Waals surface area contributed by atoms with Gasteiger partial charge in [-0.25, -0.2) is 9.59 Å². The first-order valence-electron chi connectivity index (χ1n) is 6.27. The molecule has 0 aromatic rings. The number of carbonyl (C=O) groups is 3. The second-order valence-corrected chi connectivity index (χ2v) is 4.69. The van der Waals surface area contributed by atoms with E-state index in [0.717, 1.165) is 0 Å². The predicted octanol–water partition coefficient (Wildman–Crippen LogP) is 1.18. The summed E-state index contributed by atoms with van der Waals surface area (Å²) in [6.07, 6.45) is 0.969. The molecule has 0 heterocycles. The molecule has 110 valence electrons. The quantitative estimate of drug-likeness (QED) is 0.530. The monoisotopic (exact) mass is 274 g/mol. The molecular weight excluding hydrogens is 252 g/mol. The fourth-order valence-electron chi connectivity index (χ4n) is 1.42. The number of nitrogens with one attached hydrogen (secondary N) is 2. The average molecular weight is 274 g/mol. The standard InChI is InChI=1S/C12H22N2O5/c1-4-12(3,5-2)14-11(19)13-8(10(17)18)6-7-9(15)16/h8H,4-7H2,1-3H3,(H,15,16)(H,17,18)(H2,13,14,19). The van der Waals surface area contributed by atoms with Gasteiger partial charge in [0.05, 0.1) is 0 Å². The van der Waals surface area contributed by atoms with Crippen molar-refractivity contribution in [3.63, 3.8) is 0 Å². The summed E-state index contributed by atoms with van der Waals surface area (Å²) < 4.78 is 0. The number of aliphatic carboxylic acids is 2. The molecule has 1 unspecified atom stereocenters. The van der Waals surface area contributed by atoms with Crippen LogP contribution in [0.3, 0.4) is 0 Å². The van der Waals surface area contributed by atoms with Gasteiger partial charge in [-0.05, 0) is 26.2 Å². The highest BCUT2D eigenvalue weighted by atomic mass is 16.4. The molecule has 2 amide bonds. The van der Waals surface area contributed by atoms with E-state index in [2.05, 4.69) is 10.6 Å². The van der Waals surface area contributed by atoms with Crippen LogP contribution >= 0.6 is 0 Å². The lowest BCUT2D eigenvalue weighted by Crippen LogP contribution is -2.53. The topological polar surface area (TPSA) is 116 Å². The van der Waals surface area contributed by atoms with Gasteiger partial charge in [0.2, 0.25) is 0 Å². The first-order chi connectivity index (χ1) is 8.74. The van der Waals surface area contributed by atoms with E-state index in [-0.39, 0.29) is 12.8 Å². The van der Waals surface area contributed by atoms with Gasteiger partial charge in [0.1, 0.15) is 6.04 Å². The summed E-state index contributed by atoms with van der Waals surface area (Å²) in [7, 11) is 0. The Hall–Kier alpha value is -1.79. The van der Waals surface area contributed by atoms with E-state index < -0.39 is 29.6 Å². The van der Waals surface area contributed by atoms with E-state index in [0.29, 0.717) is 12.8 Å². The van der Waals surface area contributed by atoms with E-state index in [4.69, 9.17) is 10.2 Å². The molecule has 4 N–H and O–H groups in total. The molecule has 1 atom stereocenters. The second-order valence-electron chi connectivity index (χ2n) is 4.69. The largest absolute Gasteiger partial charge is 0.481 e. The minimum absolute atomic E-state index is 0.146. The lowest BCUT2D eigenvalue weighted by Gasteiger charge is -2.29. The van der Waals surface area contributed by atoms with Crippen LogP contribution in [0, 0.1) is 0 Å². The van der Waals surface area contributed by atoms with Gasteiger partial charge in [-0.2, -0.15) is 0 Å². The molecule has 0 saturated heterocycles. The molecule has 0 bridgehead atoms. The normalized spacial score (nSPS) is 12.6. The van der Waals surface area contributed by atoms with Crippen LogP contribution in [0.25, 0.3) is 0 Å². The number of rotatable bonds is 8. The van der Waals surface area contributed by atoms with Gasteiger partial charge in [-0.1, -0.05) is 13.8 Å². The highest BCUT2D eigenvalue weighted by Crippen LogP contribution is 2.13. The molecule has 0 aromatic heterocycles. The number of amides is 2. The average Bonchev–Trinajstić information content (AvgIpc) is 2.33. The van der Waals surface area contributed by atoms with Crippen LogP contribution in [-0.2, 0) is 9.59 Å². The van der Waals surface area contributed by atoms with Gasteiger partial charge in [-0.3, -0.25) is 4.79 Å². The van der Waals surface area contributed by atoms with Crippen LogP contribution < -0.4 is 10.6 Å². The Morgan fingerprint density at radius 3 is 2.05 bits per heavy atom. The number of hydrogen-bond acceptors (Lipinski definition) is 3. The molecule has 0 saturated carbocycles. The lowest BCUT2D eigenvalue weighted by atomic mass is 9.96. The molecular formula is C12H22N2O5. The third kappa shape index (κ3) is 6.64. The van der Waals surface area contributed by atoms with Crippen LogP contribution in [0.5, 0.6) is 0 Å². The fraction of sp³-hybridized carbons (Fsp3) is 0.750. The Labute approximate surface area is 112 Å². The van der Waals surface area contributed by atoms with E-state index in [9.17, 15) is 14.4 Å². The van der Waals surface area contributed by atoms with Crippen molar-refractivity contribution in [2.24, 2.45) is 0 Å². The van der Waals surface area contributed by atoms with Crippen LogP contribution in [0.15, 0.2) is 0 Å². The summed E-state index contributed by atoms with van der Waals surface area (Å²) in [5.74, 6) is -2.34. The maximum atomic E-state index is 11.7. The van der Waals surface area contributed by atoms with Crippen LogP contribution in [0.2, 0.25) is 0 Å². The van der Waals surface area contributed by atoms with Crippen molar-refractivity contribution in [2.45, 2.75) is 58.0 Å². The highest BCUT2D eigenvalue weighted by Gasteiger charge is 2.25.